The number of carbonyl (C=O) groups excluding carboxylic acids is 1. The van der Waals surface area contributed by atoms with Gasteiger partial charge in [0.25, 0.3) is 5.91 Å². The molecule has 3 rings (SSSR count). The summed E-state index contributed by atoms with van der Waals surface area (Å²) in [5.41, 5.74) is 4.23. The fraction of sp³-hybridized carbons (Fsp3) is 0.280. The highest BCUT2D eigenvalue weighted by Crippen LogP contribution is 2.26. The molecule has 29 heavy (non-hydrogen) atoms. The second kappa shape index (κ2) is 8.91. The summed E-state index contributed by atoms with van der Waals surface area (Å²) in [7, 11) is 0. The number of carbonyl (C=O) groups is 1. The third-order valence-corrected chi connectivity index (χ3v) is 4.82. The van der Waals surface area contributed by atoms with Crippen molar-refractivity contribution in [2.24, 2.45) is 0 Å². The van der Waals surface area contributed by atoms with Crippen molar-refractivity contribution in [2.75, 3.05) is 5.32 Å². The molecular formula is C25H28N2O2. The van der Waals surface area contributed by atoms with Crippen LogP contribution in [0.5, 0.6) is 11.5 Å². The number of aromatic nitrogens is 1. The lowest BCUT2D eigenvalue weighted by molar-refractivity contribution is 0.102. The van der Waals surface area contributed by atoms with Gasteiger partial charge < -0.3 is 10.1 Å². The third-order valence-electron chi connectivity index (χ3n) is 4.82. The van der Waals surface area contributed by atoms with Crippen LogP contribution >= 0.6 is 0 Å². The second-order valence-corrected chi connectivity index (χ2v) is 7.83. The molecule has 0 saturated carbocycles. The van der Waals surface area contributed by atoms with Gasteiger partial charge in [-0.05, 0) is 60.7 Å². The average molecular weight is 389 g/mol. The van der Waals surface area contributed by atoms with Gasteiger partial charge in [0.1, 0.15) is 11.5 Å². The molecule has 4 nitrogen and oxygen atoms in total. The first-order valence-electron chi connectivity index (χ1n) is 10.00. The van der Waals surface area contributed by atoms with Gasteiger partial charge in [-0.2, -0.15) is 0 Å². The SMILES string of the molecule is Cc1nc(C(C)C)ccc1C(=O)Nc1cccc(Oc2ccc(C(C)C)cc2)c1. The van der Waals surface area contributed by atoms with Gasteiger partial charge in [-0.25, -0.2) is 0 Å². The molecule has 0 fully saturated rings. The number of anilines is 1. The summed E-state index contributed by atoms with van der Waals surface area (Å²) >= 11 is 0. The first-order chi connectivity index (χ1) is 13.8. The van der Waals surface area contributed by atoms with E-state index in [4.69, 9.17) is 4.74 Å². The van der Waals surface area contributed by atoms with Crippen molar-refractivity contribution in [3.05, 3.63) is 83.2 Å². The van der Waals surface area contributed by atoms with E-state index in [0.29, 0.717) is 28.8 Å². The van der Waals surface area contributed by atoms with Crippen LogP contribution in [0.4, 0.5) is 5.69 Å². The molecule has 150 valence electrons. The normalized spacial score (nSPS) is 11.0. The second-order valence-electron chi connectivity index (χ2n) is 7.83. The molecule has 0 saturated heterocycles. The fourth-order valence-electron chi connectivity index (χ4n) is 3.03. The molecule has 0 aliphatic carbocycles. The van der Waals surface area contributed by atoms with Gasteiger partial charge in [-0.3, -0.25) is 9.78 Å². The zero-order valence-electron chi connectivity index (χ0n) is 17.7. The Morgan fingerprint density at radius 3 is 2.24 bits per heavy atom. The Kier molecular flexibility index (Phi) is 6.32. The summed E-state index contributed by atoms with van der Waals surface area (Å²) in [6, 6.07) is 19.2. The van der Waals surface area contributed by atoms with Crippen molar-refractivity contribution in [1.82, 2.24) is 4.98 Å². The van der Waals surface area contributed by atoms with E-state index in [1.807, 2.05) is 55.5 Å². The predicted octanol–water partition coefficient (Wildman–Crippen LogP) is 6.68. The van der Waals surface area contributed by atoms with Gasteiger partial charge in [-0.15, -0.1) is 0 Å². The minimum absolute atomic E-state index is 0.177. The lowest BCUT2D eigenvalue weighted by Gasteiger charge is -2.12. The number of aryl methyl sites for hydroxylation is 1. The standard InChI is InChI=1S/C25H28N2O2/c1-16(2)19-9-11-21(12-10-19)29-22-8-6-7-20(15-22)27-25(28)23-13-14-24(17(3)4)26-18(23)5/h6-17H,1-5H3,(H,27,28). The Labute approximate surface area is 173 Å². The number of hydrogen-bond donors (Lipinski definition) is 1. The molecule has 3 aromatic rings. The quantitative estimate of drug-likeness (QED) is 0.512. The van der Waals surface area contributed by atoms with Crippen LogP contribution < -0.4 is 10.1 Å². The zero-order valence-corrected chi connectivity index (χ0v) is 17.7. The van der Waals surface area contributed by atoms with Crippen molar-refractivity contribution < 1.29 is 9.53 Å². The highest BCUT2D eigenvalue weighted by Gasteiger charge is 2.13. The summed E-state index contributed by atoms with van der Waals surface area (Å²) < 4.78 is 5.94. The number of hydrogen-bond acceptors (Lipinski definition) is 3. The maximum absolute atomic E-state index is 12.7. The van der Waals surface area contributed by atoms with Crippen LogP contribution in [0, 0.1) is 6.92 Å². The van der Waals surface area contributed by atoms with Crippen LogP contribution in [0.15, 0.2) is 60.7 Å². The van der Waals surface area contributed by atoms with E-state index in [2.05, 4.69) is 50.1 Å². The summed E-state index contributed by atoms with van der Waals surface area (Å²) in [6.45, 7) is 10.4. The van der Waals surface area contributed by atoms with Crippen LogP contribution in [0.2, 0.25) is 0 Å². The molecule has 1 aromatic heterocycles. The molecule has 1 amide bonds. The molecule has 0 spiro atoms. The van der Waals surface area contributed by atoms with Gasteiger partial charge in [-0.1, -0.05) is 45.9 Å². The zero-order chi connectivity index (χ0) is 21.0. The van der Waals surface area contributed by atoms with Crippen molar-refractivity contribution >= 4 is 11.6 Å². The molecule has 4 heteroatoms. The van der Waals surface area contributed by atoms with Crippen LogP contribution in [0.3, 0.4) is 0 Å². The third kappa shape index (κ3) is 5.23. The molecule has 1 heterocycles. The van der Waals surface area contributed by atoms with Crippen LogP contribution in [-0.4, -0.2) is 10.9 Å². The minimum atomic E-state index is -0.177. The molecule has 1 N–H and O–H groups in total. The Bertz CT molecular complexity index is 992. The summed E-state index contributed by atoms with van der Waals surface area (Å²) in [5.74, 6) is 2.07. The number of pyridine rings is 1. The minimum Gasteiger partial charge on any atom is -0.457 e. The van der Waals surface area contributed by atoms with E-state index in [9.17, 15) is 4.79 Å². The van der Waals surface area contributed by atoms with E-state index in [0.717, 1.165) is 17.1 Å². The Hall–Kier alpha value is -3.14. The molecule has 0 radical (unpaired) electrons. The summed E-state index contributed by atoms with van der Waals surface area (Å²) in [4.78, 5) is 17.2. The Morgan fingerprint density at radius 2 is 1.62 bits per heavy atom. The van der Waals surface area contributed by atoms with E-state index in [1.165, 1.54) is 5.56 Å². The predicted molar refractivity (Wildman–Crippen MR) is 118 cm³/mol. The van der Waals surface area contributed by atoms with Crippen molar-refractivity contribution in [3.8, 4) is 11.5 Å². The molecule has 0 atom stereocenters. The Morgan fingerprint density at radius 1 is 0.897 bits per heavy atom. The lowest BCUT2D eigenvalue weighted by Crippen LogP contribution is -2.14. The summed E-state index contributed by atoms with van der Waals surface area (Å²) in [5, 5.41) is 2.94. The maximum Gasteiger partial charge on any atom is 0.257 e. The Balaban J connectivity index is 1.72. The van der Waals surface area contributed by atoms with Crippen LogP contribution in [-0.2, 0) is 0 Å². The first kappa shape index (κ1) is 20.6. The molecule has 0 aliphatic rings. The van der Waals surface area contributed by atoms with Gasteiger partial charge in [0, 0.05) is 17.4 Å². The van der Waals surface area contributed by atoms with Gasteiger partial charge in [0.15, 0.2) is 0 Å². The molecule has 0 aliphatic heterocycles. The first-order valence-corrected chi connectivity index (χ1v) is 10.00. The molecule has 0 unspecified atom stereocenters. The number of rotatable bonds is 6. The average Bonchev–Trinajstić information content (AvgIpc) is 2.68. The number of nitrogens with zero attached hydrogens (tertiary/aromatic N) is 1. The lowest BCUT2D eigenvalue weighted by atomic mass is 10.0. The highest BCUT2D eigenvalue weighted by atomic mass is 16.5. The fourth-order valence-corrected chi connectivity index (χ4v) is 3.03. The van der Waals surface area contributed by atoms with Crippen molar-refractivity contribution in [1.29, 1.82) is 0 Å². The summed E-state index contributed by atoms with van der Waals surface area (Å²) in [6.07, 6.45) is 0. The topological polar surface area (TPSA) is 51.2 Å². The van der Waals surface area contributed by atoms with E-state index in [1.54, 1.807) is 0 Å². The van der Waals surface area contributed by atoms with E-state index in [-0.39, 0.29) is 5.91 Å². The highest BCUT2D eigenvalue weighted by molar-refractivity contribution is 6.05. The van der Waals surface area contributed by atoms with Crippen molar-refractivity contribution in [2.45, 2.75) is 46.5 Å². The van der Waals surface area contributed by atoms with Crippen molar-refractivity contribution in [3.63, 3.8) is 0 Å². The van der Waals surface area contributed by atoms with E-state index < -0.39 is 0 Å². The van der Waals surface area contributed by atoms with Gasteiger partial charge in [0.05, 0.1) is 11.3 Å². The maximum atomic E-state index is 12.7. The number of amides is 1. The molecular weight excluding hydrogens is 360 g/mol. The van der Waals surface area contributed by atoms with E-state index >= 15 is 0 Å². The largest absolute Gasteiger partial charge is 0.457 e. The number of nitrogens with one attached hydrogen (secondary N) is 1. The monoisotopic (exact) mass is 388 g/mol. The molecule has 2 aromatic carbocycles. The van der Waals surface area contributed by atoms with Crippen LogP contribution in [0.1, 0.15) is 66.8 Å². The van der Waals surface area contributed by atoms with Crippen LogP contribution in [0.25, 0.3) is 0 Å². The number of benzene rings is 2. The smallest absolute Gasteiger partial charge is 0.257 e. The number of ether oxygens (including phenoxy) is 1. The van der Waals surface area contributed by atoms with Gasteiger partial charge >= 0.3 is 0 Å². The molecule has 0 bridgehead atoms. The van der Waals surface area contributed by atoms with Gasteiger partial charge in [0.2, 0.25) is 0 Å².